The second-order valence-electron chi connectivity index (χ2n) is 5.98. The predicted molar refractivity (Wildman–Crippen MR) is 80.1 cm³/mol. The number of aromatic nitrogens is 2. The van der Waals surface area contributed by atoms with Crippen LogP contribution in [0, 0.1) is 5.92 Å². The first-order valence-corrected chi connectivity index (χ1v) is 8.78. The van der Waals surface area contributed by atoms with Gasteiger partial charge >= 0.3 is 0 Å². The van der Waals surface area contributed by atoms with Crippen molar-refractivity contribution < 1.29 is 13.5 Å². The lowest BCUT2D eigenvalue weighted by atomic mass is 9.78. The number of hydrogen-bond acceptors (Lipinski definition) is 5. The molecule has 1 aromatic rings. The summed E-state index contributed by atoms with van der Waals surface area (Å²) < 4.78 is 29.3. The smallest absolute Gasteiger partial charge is 0.246 e. The fourth-order valence-electron chi connectivity index (χ4n) is 3.06. The zero-order chi connectivity index (χ0) is 15.7. The lowest BCUT2D eigenvalue weighted by molar-refractivity contribution is 0.120. The molecule has 1 aliphatic rings. The molecule has 120 valence electrons. The van der Waals surface area contributed by atoms with Crippen LogP contribution < -0.4 is 10.5 Å². The van der Waals surface area contributed by atoms with Crippen LogP contribution in [0.3, 0.4) is 0 Å². The van der Waals surface area contributed by atoms with Gasteiger partial charge in [-0.3, -0.25) is 4.68 Å². The number of nitrogens with one attached hydrogen (secondary N) is 1. The molecule has 0 aliphatic heterocycles. The lowest BCUT2D eigenvalue weighted by Gasteiger charge is -2.38. The van der Waals surface area contributed by atoms with Crippen LogP contribution in [0.5, 0.6) is 0 Å². The summed E-state index contributed by atoms with van der Waals surface area (Å²) in [6, 6.07) is 0. The van der Waals surface area contributed by atoms with Crippen molar-refractivity contribution in [3.63, 3.8) is 0 Å². The largest absolute Gasteiger partial charge is 0.394 e. The molecule has 1 saturated carbocycles. The average molecular weight is 316 g/mol. The average Bonchev–Trinajstić information content (AvgIpc) is 2.80. The van der Waals surface area contributed by atoms with Crippen LogP contribution in [0.1, 0.15) is 39.5 Å². The Hall–Kier alpha value is -1.12. The second kappa shape index (κ2) is 5.94. The summed E-state index contributed by atoms with van der Waals surface area (Å²) in [6.45, 7) is 4.26. The van der Waals surface area contributed by atoms with Gasteiger partial charge in [-0.1, -0.05) is 19.8 Å². The molecular weight excluding hydrogens is 292 g/mol. The third kappa shape index (κ3) is 3.38. The molecule has 4 N–H and O–H groups in total. The van der Waals surface area contributed by atoms with Gasteiger partial charge in [0.25, 0.3) is 0 Å². The Morgan fingerprint density at radius 3 is 2.86 bits per heavy atom. The van der Waals surface area contributed by atoms with Gasteiger partial charge in [-0.2, -0.15) is 5.10 Å². The SMILES string of the molecule is CCn1cc(S(=O)(=O)NC2(CO)CCCC(C)C2)c(N)n1. The summed E-state index contributed by atoms with van der Waals surface area (Å²) in [5.74, 6) is 0.366. The van der Waals surface area contributed by atoms with Crippen molar-refractivity contribution in [3.05, 3.63) is 6.20 Å². The zero-order valence-electron chi connectivity index (χ0n) is 12.5. The Morgan fingerprint density at radius 2 is 2.33 bits per heavy atom. The van der Waals surface area contributed by atoms with E-state index >= 15 is 0 Å². The number of anilines is 1. The first kappa shape index (κ1) is 16.3. The number of nitrogens with zero attached hydrogens (tertiary/aromatic N) is 2. The zero-order valence-corrected chi connectivity index (χ0v) is 13.4. The Labute approximate surface area is 125 Å². The Morgan fingerprint density at radius 1 is 1.62 bits per heavy atom. The molecule has 0 aromatic carbocycles. The monoisotopic (exact) mass is 316 g/mol. The quantitative estimate of drug-likeness (QED) is 0.741. The van der Waals surface area contributed by atoms with Crippen LogP contribution in [-0.2, 0) is 16.6 Å². The van der Waals surface area contributed by atoms with E-state index in [4.69, 9.17) is 5.73 Å². The number of hydrogen-bond donors (Lipinski definition) is 3. The minimum atomic E-state index is -3.79. The fourth-order valence-corrected chi connectivity index (χ4v) is 4.56. The van der Waals surface area contributed by atoms with Crippen molar-refractivity contribution in [2.75, 3.05) is 12.3 Å². The topological polar surface area (TPSA) is 110 Å². The van der Waals surface area contributed by atoms with Gasteiger partial charge in [-0.05, 0) is 25.7 Å². The van der Waals surface area contributed by atoms with Gasteiger partial charge in [-0.25, -0.2) is 13.1 Å². The summed E-state index contributed by atoms with van der Waals surface area (Å²) in [5.41, 5.74) is 4.91. The van der Waals surface area contributed by atoms with E-state index in [0.29, 0.717) is 25.3 Å². The number of aliphatic hydroxyl groups excluding tert-OH is 1. The van der Waals surface area contributed by atoms with E-state index in [1.807, 2.05) is 6.92 Å². The van der Waals surface area contributed by atoms with Crippen LogP contribution >= 0.6 is 0 Å². The molecule has 2 unspecified atom stereocenters. The van der Waals surface area contributed by atoms with Gasteiger partial charge in [0, 0.05) is 12.7 Å². The highest BCUT2D eigenvalue weighted by Gasteiger charge is 2.39. The number of aryl methyl sites for hydroxylation is 1. The Kier molecular flexibility index (Phi) is 4.60. The van der Waals surface area contributed by atoms with Crippen molar-refractivity contribution in [2.45, 2.75) is 56.5 Å². The molecule has 0 amide bonds. The lowest BCUT2D eigenvalue weighted by Crippen LogP contribution is -2.53. The number of nitrogen functional groups attached to an aromatic ring is 1. The summed E-state index contributed by atoms with van der Waals surface area (Å²) >= 11 is 0. The highest BCUT2D eigenvalue weighted by molar-refractivity contribution is 7.89. The van der Waals surface area contributed by atoms with Gasteiger partial charge in [0.2, 0.25) is 10.0 Å². The summed E-state index contributed by atoms with van der Waals surface area (Å²) in [5, 5.41) is 13.7. The summed E-state index contributed by atoms with van der Waals surface area (Å²) in [7, 11) is -3.79. The van der Waals surface area contributed by atoms with Crippen molar-refractivity contribution in [2.24, 2.45) is 5.92 Å². The van der Waals surface area contributed by atoms with Crippen molar-refractivity contribution >= 4 is 15.8 Å². The van der Waals surface area contributed by atoms with Crippen LogP contribution in [0.4, 0.5) is 5.82 Å². The minimum Gasteiger partial charge on any atom is -0.394 e. The first-order valence-electron chi connectivity index (χ1n) is 7.29. The highest BCUT2D eigenvalue weighted by atomic mass is 32.2. The van der Waals surface area contributed by atoms with Crippen LogP contribution in [0.25, 0.3) is 0 Å². The molecule has 2 rings (SSSR count). The molecule has 1 heterocycles. The summed E-state index contributed by atoms with van der Waals surface area (Å²) in [6.07, 6.45) is 4.64. The fraction of sp³-hybridized carbons (Fsp3) is 0.769. The van der Waals surface area contributed by atoms with E-state index in [1.54, 1.807) is 0 Å². The van der Waals surface area contributed by atoms with E-state index in [0.717, 1.165) is 12.8 Å². The molecule has 1 aliphatic carbocycles. The molecule has 1 fully saturated rings. The first-order chi connectivity index (χ1) is 9.82. The molecule has 0 radical (unpaired) electrons. The van der Waals surface area contributed by atoms with Crippen molar-refractivity contribution in [1.29, 1.82) is 0 Å². The Balaban J connectivity index is 2.28. The molecule has 21 heavy (non-hydrogen) atoms. The molecule has 0 saturated heterocycles. The van der Waals surface area contributed by atoms with Gasteiger partial charge in [0.15, 0.2) is 5.82 Å². The van der Waals surface area contributed by atoms with Gasteiger partial charge in [0.05, 0.1) is 12.1 Å². The summed E-state index contributed by atoms with van der Waals surface area (Å²) in [4.78, 5) is -0.0181. The molecule has 8 heteroatoms. The normalized spacial score (nSPS) is 26.9. The standard InChI is InChI=1S/C13H24N4O3S/c1-3-17-8-11(12(14)15-17)21(19,20)16-13(9-18)6-4-5-10(2)7-13/h8,10,16,18H,3-7,9H2,1-2H3,(H2,14,15). The van der Waals surface area contributed by atoms with Crippen LogP contribution in [0.15, 0.2) is 11.1 Å². The predicted octanol–water partition coefficient (Wildman–Crippen LogP) is 0.705. The third-order valence-corrected chi connectivity index (χ3v) is 5.71. The second-order valence-corrected chi connectivity index (χ2v) is 7.63. The Bertz CT molecular complexity index is 599. The molecule has 0 bridgehead atoms. The number of sulfonamides is 1. The minimum absolute atomic E-state index is 0.0127. The number of aliphatic hydroxyl groups is 1. The van der Waals surface area contributed by atoms with Gasteiger partial charge in [0.1, 0.15) is 4.90 Å². The molecule has 7 nitrogen and oxygen atoms in total. The van der Waals surface area contributed by atoms with E-state index in [9.17, 15) is 13.5 Å². The van der Waals surface area contributed by atoms with E-state index < -0.39 is 15.6 Å². The van der Waals surface area contributed by atoms with Crippen LogP contribution in [0.2, 0.25) is 0 Å². The van der Waals surface area contributed by atoms with Crippen LogP contribution in [-0.4, -0.2) is 35.5 Å². The maximum atomic E-state index is 12.6. The molecule has 2 atom stereocenters. The number of nitrogens with two attached hydrogens (primary N) is 1. The van der Waals surface area contributed by atoms with Crippen molar-refractivity contribution in [1.82, 2.24) is 14.5 Å². The van der Waals surface area contributed by atoms with Gasteiger partial charge < -0.3 is 10.8 Å². The third-order valence-electron chi connectivity index (χ3n) is 4.11. The molecule has 1 aromatic heterocycles. The van der Waals surface area contributed by atoms with E-state index in [2.05, 4.69) is 16.7 Å². The maximum Gasteiger partial charge on any atom is 0.246 e. The molecular formula is C13H24N4O3S. The van der Waals surface area contributed by atoms with Gasteiger partial charge in [-0.15, -0.1) is 0 Å². The van der Waals surface area contributed by atoms with Crippen molar-refractivity contribution in [3.8, 4) is 0 Å². The van der Waals surface area contributed by atoms with E-state index in [1.165, 1.54) is 10.9 Å². The highest BCUT2D eigenvalue weighted by Crippen LogP contribution is 2.33. The van der Waals surface area contributed by atoms with E-state index in [-0.39, 0.29) is 17.3 Å². The molecule has 0 spiro atoms. The maximum absolute atomic E-state index is 12.6. The number of rotatable bonds is 5.